The van der Waals surface area contributed by atoms with E-state index in [0.717, 1.165) is 44.6 Å². The van der Waals surface area contributed by atoms with Gasteiger partial charge in [0, 0.05) is 31.2 Å². The van der Waals surface area contributed by atoms with E-state index in [1.54, 1.807) is 0 Å². The van der Waals surface area contributed by atoms with Crippen molar-refractivity contribution in [3.63, 3.8) is 0 Å². The number of carbonyl (C=O) groups excluding carboxylic acids is 1. The Labute approximate surface area is 149 Å². The number of benzene rings is 1. The van der Waals surface area contributed by atoms with Crippen LogP contribution >= 0.6 is 0 Å². The van der Waals surface area contributed by atoms with Crippen LogP contribution in [0, 0.1) is 5.92 Å². The number of aryl methyl sites for hydroxylation is 1. The van der Waals surface area contributed by atoms with E-state index in [4.69, 9.17) is 0 Å². The second-order valence-electron chi connectivity index (χ2n) is 7.23. The first-order chi connectivity index (χ1) is 12.3. The summed E-state index contributed by atoms with van der Waals surface area (Å²) in [5, 5.41) is 0. The molecule has 1 fully saturated rings. The molecule has 1 aromatic heterocycles. The molecule has 1 amide bonds. The highest BCUT2D eigenvalue weighted by molar-refractivity contribution is 5.95. The highest BCUT2D eigenvalue weighted by Gasteiger charge is 2.28. The van der Waals surface area contributed by atoms with Gasteiger partial charge in [-0.2, -0.15) is 0 Å². The van der Waals surface area contributed by atoms with Crippen LogP contribution in [0.5, 0.6) is 0 Å². The summed E-state index contributed by atoms with van der Waals surface area (Å²) in [4.78, 5) is 21.3. The largest absolute Gasteiger partial charge is 0.311 e. The van der Waals surface area contributed by atoms with Crippen LogP contribution < -0.4 is 4.90 Å². The van der Waals surface area contributed by atoms with Gasteiger partial charge in [0.1, 0.15) is 0 Å². The fourth-order valence-corrected chi connectivity index (χ4v) is 4.14. The van der Waals surface area contributed by atoms with Crippen LogP contribution in [-0.2, 0) is 17.6 Å². The molecule has 130 valence electrons. The normalized spacial score (nSPS) is 20.5. The van der Waals surface area contributed by atoms with E-state index in [1.807, 2.05) is 23.4 Å². The Kier molecular flexibility index (Phi) is 4.79. The van der Waals surface area contributed by atoms with Crippen LogP contribution in [0.4, 0.5) is 5.69 Å². The smallest absolute Gasteiger partial charge is 0.241 e. The first-order valence-electron chi connectivity index (χ1n) is 9.29. The number of para-hydroxylation sites is 1. The minimum atomic E-state index is 0.247. The molecule has 1 atom stereocenters. The molecule has 4 heteroatoms. The molecule has 4 rings (SSSR count). The van der Waals surface area contributed by atoms with Crippen molar-refractivity contribution in [3.8, 4) is 0 Å². The van der Waals surface area contributed by atoms with Gasteiger partial charge in [0.2, 0.25) is 5.91 Å². The summed E-state index contributed by atoms with van der Waals surface area (Å²) in [7, 11) is 0. The third kappa shape index (κ3) is 3.74. The molecule has 3 heterocycles. The molecule has 0 aliphatic carbocycles. The maximum Gasteiger partial charge on any atom is 0.241 e. The molecule has 1 aromatic carbocycles. The molecule has 1 saturated heterocycles. The zero-order chi connectivity index (χ0) is 17.1. The molecule has 2 aliphatic rings. The lowest BCUT2D eigenvalue weighted by molar-refractivity contribution is -0.119. The Balaban J connectivity index is 1.35. The van der Waals surface area contributed by atoms with Crippen molar-refractivity contribution in [3.05, 3.63) is 59.9 Å². The summed E-state index contributed by atoms with van der Waals surface area (Å²) in [5.74, 6) is 0.889. The molecule has 0 saturated carbocycles. The molecule has 25 heavy (non-hydrogen) atoms. The zero-order valence-electron chi connectivity index (χ0n) is 14.6. The third-order valence-electron chi connectivity index (χ3n) is 5.41. The highest BCUT2D eigenvalue weighted by Crippen LogP contribution is 2.27. The second kappa shape index (κ2) is 7.36. The first kappa shape index (κ1) is 16.3. The van der Waals surface area contributed by atoms with Gasteiger partial charge in [-0.25, -0.2) is 0 Å². The maximum atomic E-state index is 12.9. The number of aromatic nitrogens is 1. The molecule has 0 bridgehead atoms. The molecule has 2 aliphatic heterocycles. The number of hydrogen-bond acceptors (Lipinski definition) is 3. The van der Waals surface area contributed by atoms with Crippen LogP contribution in [0.25, 0.3) is 0 Å². The van der Waals surface area contributed by atoms with Gasteiger partial charge in [0.05, 0.1) is 6.54 Å². The fraction of sp³-hybridized carbons (Fsp3) is 0.429. The number of likely N-dealkylation sites (tertiary alicyclic amines) is 1. The molecular formula is C21H25N3O. The lowest BCUT2D eigenvalue weighted by Gasteiger charge is -2.31. The second-order valence-corrected chi connectivity index (χ2v) is 7.23. The van der Waals surface area contributed by atoms with Crippen molar-refractivity contribution in [1.82, 2.24) is 9.88 Å². The number of carbonyl (C=O) groups is 1. The standard InChI is InChI=1S/C21H25N3O/c25-21(24-12-3-5-19-4-1-2-6-20(19)24)16-23-13-9-18(15-23)14-17-7-10-22-11-8-17/h1-2,4,6-8,10-11,18H,3,5,9,12-16H2/t18-/m0/s1. The molecular weight excluding hydrogens is 310 g/mol. The Morgan fingerprint density at radius 2 is 1.96 bits per heavy atom. The number of nitrogens with zero attached hydrogens (tertiary/aromatic N) is 3. The number of pyridine rings is 1. The molecule has 0 N–H and O–H groups in total. The van der Waals surface area contributed by atoms with Crippen molar-refractivity contribution < 1.29 is 4.79 Å². The third-order valence-corrected chi connectivity index (χ3v) is 5.41. The van der Waals surface area contributed by atoms with E-state index in [2.05, 4.69) is 40.2 Å². The summed E-state index contributed by atoms with van der Waals surface area (Å²) in [6.45, 7) is 3.44. The van der Waals surface area contributed by atoms with E-state index in [1.165, 1.54) is 17.5 Å². The van der Waals surface area contributed by atoms with E-state index in [9.17, 15) is 4.79 Å². The lowest BCUT2D eigenvalue weighted by atomic mass is 10.00. The van der Waals surface area contributed by atoms with Crippen LogP contribution in [0.2, 0.25) is 0 Å². The Morgan fingerprint density at radius 3 is 2.84 bits per heavy atom. The summed E-state index contributed by atoms with van der Waals surface area (Å²) in [6.07, 6.45) is 8.12. The highest BCUT2D eigenvalue weighted by atomic mass is 16.2. The molecule has 0 radical (unpaired) electrons. The van der Waals surface area contributed by atoms with E-state index in [-0.39, 0.29) is 5.91 Å². The van der Waals surface area contributed by atoms with Gasteiger partial charge in [-0.3, -0.25) is 14.7 Å². The number of anilines is 1. The summed E-state index contributed by atoms with van der Waals surface area (Å²) >= 11 is 0. The van der Waals surface area contributed by atoms with Gasteiger partial charge in [-0.15, -0.1) is 0 Å². The minimum Gasteiger partial charge on any atom is -0.311 e. The Bertz CT molecular complexity index is 731. The van der Waals surface area contributed by atoms with Gasteiger partial charge in [-0.1, -0.05) is 18.2 Å². The van der Waals surface area contributed by atoms with Crippen molar-refractivity contribution in [2.45, 2.75) is 25.7 Å². The summed E-state index contributed by atoms with van der Waals surface area (Å²) in [5.41, 5.74) is 3.77. The van der Waals surface area contributed by atoms with E-state index in [0.29, 0.717) is 12.5 Å². The summed E-state index contributed by atoms with van der Waals surface area (Å²) < 4.78 is 0. The Hall–Kier alpha value is -2.20. The van der Waals surface area contributed by atoms with Gasteiger partial charge < -0.3 is 4.90 Å². The average molecular weight is 335 g/mol. The molecule has 0 spiro atoms. The van der Waals surface area contributed by atoms with Crippen molar-refractivity contribution in [2.75, 3.05) is 31.1 Å². The van der Waals surface area contributed by atoms with Crippen molar-refractivity contribution in [2.24, 2.45) is 5.92 Å². The van der Waals surface area contributed by atoms with Crippen LogP contribution in [0.1, 0.15) is 24.0 Å². The topological polar surface area (TPSA) is 36.4 Å². The minimum absolute atomic E-state index is 0.247. The van der Waals surface area contributed by atoms with Gasteiger partial charge in [-0.05, 0) is 67.5 Å². The monoisotopic (exact) mass is 335 g/mol. The van der Waals surface area contributed by atoms with Gasteiger partial charge in [0.25, 0.3) is 0 Å². The maximum absolute atomic E-state index is 12.9. The van der Waals surface area contributed by atoms with E-state index < -0.39 is 0 Å². The average Bonchev–Trinajstić information content (AvgIpc) is 3.09. The van der Waals surface area contributed by atoms with Gasteiger partial charge in [0.15, 0.2) is 0 Å². The first-order valence-corrected chi connectivity index (χ1v) is 9.29. The number of fused-ring (bicyclic) bond motifs is 1. The molecule has 2 aromatic rings. The quantitative estimate of drug-likeness (QED) is 0.862. The fourth-order valence-electron chi connectivity index (χ4n) is 4.14. The van der Waals surface area contributed by atoms with Crippen molar-refractivity contribution in [1.29, 1.82) is 0 Å². The SMILES string of the molecule is O=C(CN1CC[C@@H](Cc2ccncc2)C1)N1CCCc2ccccc21. The van der Waals surface area contributed by atoms with Crippen LogP contribution in [0.15, 0.2) is 48.8 Å². The predicted octanol–water partition coefficient (Wildman–Crippen LogP) is 2.93. The Morgan fingerprint density at radius 1 is 1.12 bits per heavy atom. The van der Waals surface area contributed by atoms with Crippen molar-refractivity contribution >= 4 is 11.6 Å². The number of amides is 1. The number of rotatable bonds is 4. The zero-order valence-corrected chi connectivity index (χ0v) is 14.6. The van der Waals surface area contributed by atoms with Gasteiger partial charge >= 0.3 is 0 Å². The molecule has 0 unspecified atom stereocenters. The van der Waals surface area contributed by atoms with E-state index >= 15 is 0 Å². The van der Waals surface area contributed by atoms with Crippen LogP contribution in [-0.4, -0.2) is 42.0 Å². The summed E-state index contributed by atoms with van der Waals surface area (Å²) in [6, 6.07) is 12.5. The lowest BCUT2D eigenvalue weighted by Crippen LogP contribution is -2.42. The molecule has 4 nitrogen and oxygen atoms in total. The predicted molar refractivity (Wildman–Crippen MR) is 99.6 cm³/mol. The number of hydrogen-bond donors (Lipinski definition) is 0. The van der Waals surface area contributed by atoms with Crippen LogP contribution in [0.3, 0.4) is 0 Å².